The Labute approximate surface area is 163 Å². The van der Waals surface area contributed by atoms with Gasteiger partial charge in [0, 0.05) is 30.9 Å². The molecule has 3 amide bonds. The van der Waals surface area contributed by atoms with E-state index in [0.717, 1.165) is 25.0 Å². The molecule has 0 atom stereocenters. The summed E-state index contributed by atoms with van der Waals surface area (Å²) in [4.78, 5) is 41.0. The van der Waals surface area contributed by atoms with Crippen molar-refractivity contribution < 1.29 is 14.4 Å². The van der Waals surface area contributed by atoms with Gasteiger partial charge in [0.05, 0.1) is 5.69 Å². The van der Waals surface area contributed by atoms with Crippen molar-refractivity contribution in [2.75, 3.05) is 10.6 Å². The maximum Gasteiger partial charge on any atom is 0.291 e. The van der Waals surface area contributed by atoms with Crippen molar-refractivity contribution in [1.82, 2.24) is 14.9 Å². The molecule has 0 unspecified atom stereocenters. The van der Waals surface area contributed by atoms with Crippen molar-refractivity contribution in [1.29, 1.82) is 0 Å². The minimum Gasteiger partial charge on any atom is -0.348 e. The minimum absolute atomic E-state index is 0.0118. The number of aromatic nitrogens is 2. The highest BCUT2D eigenvalue weighted by molar-refractivity contribution is 6.04. The molecule has 0 saturated heterocycles. The Morgan fingerprint density at radius 2 is 1.79 bits per heavy atom. The van der Waals surface area contributed by atoms with Crippen LogP contribution in [0, 0.1) is 0 Å². The Hall–Kier alpha value is -3.16. The lowest BCUT2D eigenvalue weighted by Crippen LogP contribution is -2.31. The number of rotatable bonds is 5. The van der Waals surface area contributed by atoms with Gasteiger partial charge in [-0.1, -0.05) is 6.07 Å². The zero-order chi connectivity index (χ0) is 20.3. The summed E-state index contributed by atoms with van der Waals surface area (Å²) in [7, 11) is 0. The first-order valence-corrected chi connectivity index (χ1v) is 9.44. The monoisotopic (exact) mass is 383 g/mol. The van der Waals surface area contributed by atoms with Gasteiger partial charge in [0.25, 0.3) is 11.8 Å². The summed E-state index contributed by atoms with van der Waals surface area (Å²) in [6, 6.07) is 6.87. The van der Waals surface area contributed by atoms with Crippen LogP contribution in [0.15, 0.2) is 24.3 Å². The quantitative estimate of drug-likeness (QED) is 0.738. The molecule has 2 heterocycles. The number of anilines is 2. The lowest BCUT2D eigenvalue weighted by atomic mass is 10.1. The van der Waals surface area contributed by atoms with Gasteiger partial charge in [-0.25, -0.2) is 4.98 Å². The highest BCUT2D eigenvalue weighted by atomic mass is 16.2. The van der Waals surface area contributed by atoms with Gasteiger partial charge in [0.1, 0.15) is 5.69 Å². The van der Waals surface area contributed by atoms with E-state index in [1.165, 1.54) is 6.92 Å². The van der Waals surface area contributed by atoms with E-state index in [-0.39, 0.29) is 29.6 Å². The van der Waals surface area contributed by atoms with E-state index in [2.05, 4.69) is 20.9 Å². The van der Waals surface area contributed by atoms with E-state index < -0.39 is 0 Å². The second-order valence-electron chi connectivity index (χ2n) is 7.18. The summed E-state index contributed by atoms with van der Waals surface area (Å²) in [6.45, 7) is 5.85. The molecule has 1 aliphatic heterocycles. The molecular weight excluding hydrogens is 358 g/mol. The van der Waals surface area contributed by atoms with Crippen molar-refractivity contribution in [3.05, 3.63) is 41.5 Å². The predicted octanol–water partition coefficient (Wildman–Crippen LogP) is 2.57. The molecule has 1 aliphatic rings. The van der Waals surface area contributed by atoms with Crippen LogP contribution in [0.2, 0.25) is 0 Å². The maximum absolute atomic E-state index is 12.9. The Bertz CT molecular complexity index is 917. The van der Waals surface area contributed by atoms with Gasteiger partial charge >= 0.3 is 0 Å². The van der Waals surface area contributed by atoms with Crippen LogP contribution in [-0.4, -0.2) is 33.3 Å². The summed E-state index contributed by atoms with van der Waals surface area (Å²) in [5.41, 5.74) is 2.26. The number of imidazole rings is 1. The van der Waals surface area contributed by atoms with Crippen molar-refractivity contribution in [2.45, 2.75) is 52.6 Å². The lowest BCUT2D eigenvalue weighted by molar-refractivity contribution is -0.114. The van der Waals surface area contributed by atoms with Crippen LogP contribution in [-0.2, 0) is 17.8 Å². The third-order valence-electron chi connectivity index (χ3n) is 4.40. The molecule has 8 nitrogen and oxygen atoms in total. The Morgan fingerprint density at radius 3 is 2.46 bits per heavy atom. The first kappa shape index (κ1) is 19.6. The third kappa shape index (κ3) is 4.39. The smallest absolute Gasteiger partial charge is 0.291 e. The molecule has 0 radical (unpaired) electrons. The molecule has 28 heavy (non-hydrogen) atoms. The van der Waals surface area contributed by atoms with Crippen LogP contribution in [0.1, 0.15) is 60.4 Å². The molecule has 1 aromatic carbocycles. The number of nitrogens with one attached hydrogen (secondary N) is 3. The van der Waals surface area contributed by atoms with Crippen LogP contribution in [0.5, 0.6) is 0 Å². The van der Waals surface area contributed by atoms with Crippen LogP contribution < -0.4 is 16.0 Å². The van der Waals surface area contributed by atoms with E-state index in [4.69, 9.17) is 0 Å². The number of carbonyl (C=O) groups is 3. The normalized spacial score (nSPS) is 13.0. The van der Waals surface area contributed by atoms with Gasteiger partial charge in [-0.2, -0.15) is 0 Å². The van der Waals surface area contributed by atoms with E-state index in [1.54, 1.807) is 24.3 Å². The number of hydrogen-bond donors (Lipinski definition) is 3. The molecule has 0 saturated carbocycles. The second-order valence-corrected chi connectivity index (χ2v) is 7.18. The van der Waals surface area contributed by atoms with Gasteiger partial charge in [-0.05, 0) is 51.3 Å². The molecule has 0 fully saturated rings. The Morgan fingerprint density at radius 1 is 1.07 bits per heavy atom. The summed E-state index contributed by atoms with van der Waals surface area (Å²) >= 11 is 0. The molecule has 0 aliphatic carbocycles. The molecule has 2 aromatic rings. The molecule has 0 spiro atoms. The largest absolute Gasteiger partial charge is 0.348 e. The topological polar surface area (TPSA) is 105 Å². The third-order valence-corrected chi connectivity index (χ3v) is 4.40. The molecule has 148 valence electrons. The molecular formula is C20H25N5O3. The summed E-state index contributed by atoms with van der Waals surface area (Å²) in [5.74, 6) is -0.598. The predicted molar refractivity (Wildman–Crippen MR) is 106 cm³/mol. The first-order chi connectivity index (χ1) is 13.3. The number of carbonyl (C=O) groups excluding carboxylic acids is 3. The van der Waals surface area contributed by atoms with Gasteiger partial charge in [0.2, 0.25) is 5.91 Å². The Balaban J connectivity index is 1.87. The van der Waals surface area contributed by atoms with Crippen molar-refractivity contribution >= 4 is 29.1 Å². The van der Waals surface area contributed by atoms with Crippen molar-refractivity contribution in [3.8, 4) is 0 Å². The number of hydrogen-bond acceptors (Lipinski definition) is 4. The van der Waals surface area contributed by atoms with Gasteiger partial charge < -0.3 is 20.5 Å². The molecule has 1 aromatic heterocycles. The number of benzene rings is 1. The average molecular weight is 383 g/mol. The van der Waals surface area contributed by atoms with Crippen molar-refractivity contribution in [3.63, 3.8) is 0 Å². The zero-order valence-corrected chi connectivity index (χ0v) is 16.3. The number of fused-ring (bicyclic) bond motifs is 1. The molecule has 8 heteroatoms. The van der Waals surface area contributed by atoms with Crippen LogP contribution in [0.25, 0.3) is 0 Å². The van der Waals surface area contributed by atoms with Crippen molar-refractivity contribution in [2.24, 2.45) is 0 Å². The maximum atomic E-state index is 12.9. The van der Waals surface area contributed by atoms with Gasteiger partial charge in [0.15, 0.2) is 5.82 Å². The summed E-state index contributed by atoms with van der Waals surface area (Å²) in [6.07, 6.45) is 2.62. The fourth-order valence-corrected chi connectivity index (χ4v) is 3.29. The number of nitrogens with zero attached hydrogens (tertiary/aromatic N) is 2. The van der Waals surface area contributed by atoms with E-state index in [1.807, 2.05) is 18.4 Å². The van der Waals surface area contributed by atoms with Gasteiger partial charge in [-0.15, -0.1) is 0 Å². The summed E-state index contributed by atoms with van der Waals surface area (Å²) in [5, 5.41) is 8.34. The lowest BCUT2D eigenvalue weighted by Gasteiger charge is -2.17. The van der Waals surface area contributed by atoms with Crippen LogP contribution in [0.3, 0.4) is 0 Å². The fraction of sp³-hybridized carbons (Fsp3) is 0.400. The Kier molecular flexibility index (Phi) is 5.77. The summed E-state index contributed by atoms with van der Waals surface area (Å²) < 4.78 is 1.84. The van der Waals surface area contributed by atoms with Gasteiger partial charge in [-0.3, -0.25) is 14.4 Å². The van der Waals surface area contributed by atoms with E-state index in [9.17, 15) is 14.4 Å². The first-order valence-electron chi connectivity index (χ1n) is 9.44. The molecule has 0 bridgehead atoms. The second kappa shape index (κ2) is 8.24. The van der Waals surface area contributed by atoms with Crippen LogP contribution in [0.4, 0.5) is 11.4 Å². The highest BCUT2D eigenvalue weighted by Gasteiger charge is 2.27. The SMILES string of the molecule is CC(=O)Nc1cccc(NC(=O)c2nc(C(=O)NC(C)C)c3n2CCCC3)c1. The highest BCUT2D eigenvalue weighted by Crippen LogP contribution is 2.23. The minimum atomic E-state index is -0.383. The fourth-order valence-electron chi connectivity index (χ4n) is 3.29. The van der Waals surface area contributed by atoms with E-state index in [0.29, 0.717) is 23.6 Å². The van der Waals surface area contributed by atoms with Crippen LogP contribution >= 0.6 is 0 Å². The number of amides is 3. The molecule has 3 N–H and O–H groups in total. The standard InChI is InChI=1S/C20H25N5O3/c1-12(2)21-19(27)17-16-9-4-5-10-25(16)18(24-17)20(28)23-15-8-6-7-14(11-15)22-13(3)26/h6-8,11-12H,4-5,9-10H2,1-3H3,(H,21,27)(H,22,26)(H,23,28). The van der Waals surface area contributed by atoms with E-state index >= 15 is 0 Å². The molecule has 3 rings (SSSR count). The average Bonchev–Trinajstić information content (AvgIpc) is 3.01. The zero-order valence-electron chi connectivity index (χ0n) is 16.3.